The van der Waals surface area contributed by atoms with Gasteiger partial charge in [0.25, 0.3) is 0 Å². The smallest absolute Gasteiger partial charge is 0.164 e. The minimum Gasteiger partial charge on any atom is -0.226 e. The number of thiophene rings is 2. The Kier molecular flexibility index (Phi) is 17.4. The van der Waals surface area contributed by atoms with E-state index in [1.54, 1.807) is 22.7 Å². The number of rotatable bonds is 13. The maximum atomic E-state index is 5.33. The lowest BCUT2D eigenvalue weighted by molar-refractivity contribution is 1.07. The average molecular weight is 1470 g/mol. The number of hydrogen-bond acceptors (Lipinski definition) is 12. The lowest BCUT2D eigenvalue weighted by Gasteiger charge is -2.11. The number of hydrogen-bond donors (Lipinski definition) is 0. The Hall–Kier alpha value is -14.6. The van der Waals surface area contributed by atoms with E-state index in [4.69, 9.17) is 49.8 Å². The molecule has 21 rings (SSSR count). The molecular weight excluding hydrogens is 1410 g/mol. The molecule has 15 aromatic carbocycles. The summed E-state index contributed by atoms with van der Waals surface area (Å²) in [7, 11) is 0. The predicted octanol–water partition coefficient (Wildman–Crippen LogP) is 26.0. The third-order valence-corrected chi connectivity index (χ3v) is 22.6. The average Bonchev–Trinajstić information content (AvgIpc) is 1.59. The molecule has 0 aliphatic carbocycles. The molecule has 21 aromatic rings. The maximum absolute atomic E-state index is 5.33. The summed E-state index contributed by atoms with van der Waals surface area (Å²) in [4.78, 5) is 51.0. The van der Waals surface area contributed by atoms with Gasteiger partial charge in [0.05, 0.1) is 31.8 Å². The van der Waals surface area contributed by atoms with Crippen LogP contribution in [0.2, 0.25) is 0 Å². The largest absolute Gasteiger partial charge is 0.226 e. The topological polar surface area (TPSA) is 129 Å². The molecule has 0 aliphatic heterocycles. The summed E-state index contributed by atoms with van der Waals surface area (Å²) in [6, 6.07) is 130. The predicted molar refractivity (Wildman–Crippen MR) is 462 cm³/mol. The van der Waals surface area contributed by atoms with E-state index in [2.05, 4.69) is 279 Å². The molecular formula is C100H62N10S2. The first-order chi connectivity index (χ1) is 55.4. The molecule has 112 heavy (non-hydrogen) atoms. The Bertz CT molecular complexity index is 6880. The molecule has 0 saturated heterocycles. The Morgan fingerprint density at radius 1 is 0.161 bits per heavy atom. The van der Waals surface area contributed by atoms with Crippen molar-refractivity contribution < 1.29 is 0 Å². The van der Waals surface area contributed by atoms with Gasteiger partial charge in [0.15, 0.2) is 46.6 Å². The molecule has 0 atom stereocenters. The second-order valence-corrected chi connectivity index (χ2v) is 29.5. The van der Waals surface area contributed by atoms with E-state index in [0.29, 0.717) is 46.6 Å². The Morgan fingerprint density at radius 3 is 0.812 bits per heavy atom. The molecule has 0 N–H and O–H groups in total. The minimum absolute atomic E-state index is 0.585. The Balaban J connectivity index is 0.000000154. The van der Waals surface area contributed by atoms with Gasteiger partial charge >= 0.3 is 0 Å². The van der Waals surface area contributed by atoms with Gasteiger partial charge in [-0.3, -0.25) is 0 Å². The summed E-state index contributed by atoms with van der Waals surface area (Å²) >= 11 is 3.51. The van der Waals surface area contributed by atoms with E-state index in [-0.39, 0.29) is 0 Å². The van der Waals surface area contributed by atoms with Crippen LogP contribution in [0.5, 0.6) is 0 Å². The molecule has 0 spiro atoms. The highest BCUT2D eigenvalue weighted by Crippen LogP contribution is 2.45. The highest BCUT2D eigenvalue weighted by molar-refractivity contribution is 7.26. The van der Waals surface area contributed by atoms with Crippen LogP contribution in [-0.2, 0) is 0 Å². The number of fused-ring (bicyclic) bond motifs is 9. The fourth-order valence-corrected chi connectivity index (χ4v) is 16.9. The molecule has 0 unspecified atom stereocenters. The molecule has 0 amide bonds. The first kappa shape index (κ1) is 66.8. The monoisotopic (exact) mass is 1470 g/mol. The molecule has 6 aromatic heterocycles. The Labute approximate surface area is 653 Å². The van der Waals surface area contributed by atoms with Crippen LogP contribution in [0.1, 0.15) is 0 Å². The first-order valence-electron chi connectivity index (χ1n) is 37.1. The number of benzene rings is 15. The summed E-state index contributed by atoms with van der Waals surface area (Å²) < 4.78 is 4.56. The van der Waals surface area contributed by atoms with E-state index in [9.17, 15) is 0 Å². The van der Waals surface area contributed by atoms with Gasteiger partial charge in [-0.25, -0.2) is 49.8 Å². The second-order valence-electron chi connectivity index (χ2n) is 27.4. The van der Waals surface area contributed by atoms with E-state index in [1.807, 2.05) is 97.1 Å². The van der Waals surface area contributed by atoms with Crippen LogP contribution in [0, 0.1) is 0 Å². The quantitative estimate of drug-likeness (QED) is 0.110. The fourth-order valence-electron chi connectivity index (χ4n) is 14.6. The van der Waals surface area contributed by atoms with Crippen molar-refractivity contribution in [2.45, 2.75) is 0 Å². The highest BCUT2D eigenvalue weighted by Gasteiger charge is 2.23. The third-order valence-electron chi connectivity index (χ3n) is 20.3. The molecule has 0 fully saturated rings. The normalized spacial score (nSPS) is 11.4. The molecule has 0 bridgehead atoms. The SMILES string of the molecule is c1ccc(-c2ccc(-c3nc(-c4ccc(-c5ccccc5)cc4)nc(-c4ccc(-c5nc(-c6ccc(-c7ccccc7)cc6)c6sc7cc8ccccc8cc7c6n5)cc4)n3)cc2)cc1.c1ccc(-c2nc(-c3ccccc3)nc(-c3ccc(-c4nc(-c5ccccc5)c5sc6ccc7ccccc7c6c5n4)cc3)n2)cc1. The van der Waals surface area contributed by atoms with E-state index in [0.717, 1.165) is 121 Å². The van der Waals surface area contributed by atoms with E-state index >= 15 is 0 Å². The standard InChI is InChI=1S/C59H37N5S.C41H25N5S/c1-4-12-38(13-5-1)41-20-26-44(27-21-41)53-55-54(51-36-49-18-10-11-19-50(49)37-52(51)65-55)61-56(60-53)45-32-34-48(35-33-45)59-63-57(46-28-22-42(23-29-46)39-14-6-2-7-15-39)62-58(64-59)47-30-24-43(25-31-47)40-16-8-3-9-17-40;1-4-13-27(14-5-1)35-37-36(34-32-19-11-10-12-26(32)24-25-33(34)47-37)43-38(42-35)30-20-22-31(23-21-30)41-45-39(28-15-6-2-7-16-28)44-40(46-41)29-17-8-3-9-18-29/h1-37H;1-25H. The number of aromatic nitrogens is 10. The molecule has 0 saturated carbocycles. The van der Waals surface area contributed by atoms with Crippen LogP contribution in [0.4, 0.5) is 0 Å². The maximum Gasteiger partial charge on any atom is 0.164 e. The lowest BCUT2D eigenvalue weighted by Crippen LogP contribution is -2.00. The van der Waals surface area contributed by atoms with Gasteiger partial charge in [-0.05, 0) is 73.1 Å². The van der Waals surface area contributed by atoms with E-state index in [1.165, 1.54) is 41.9 Å². The van der Waals surface area contributed by atoms with Crippen LogP contribution in [0.15, 0.2) is 376 Å². The van der Waals surface area contributed by atoms with Crippen molar-refractivity contribution >= 4 is 84.8 Å². The molecule has 10 nitrogen and oxygen atoms in total. The molecule has 0 aliphatic rings. The molecule has 524 valence electrons. The molecule has 0 radical (unpaired) electrons. The fraction of sp³-hybridized carbons (Fsp3) is 0. The minimum atomic E-state index is 0.585. The summed E-state index contributed by atoms with van der Waals surface area (Å²) in [5.41, 5.74) is 20.1. The van der Waals surface area contributed by atoms with Crippen molar-refractivity contribution in [3.8, 4) is 147 Å². The lowest BCUT2D eigenvalue weighted by atomic mass is 10.0. The van der Waals surface area contributed by atoms with Crippen molar-refractivity contribution in [3.05, 3.63) is 376 Å². The van der Waals surface area contributed by atoms with Crippen LogP contribution >= 0.6 is 22.7 Å². The third kappa shape index (κ3) is 13.1. The van der Waals surface area contributed by atoms with Gasteiger partial charge in [-0.2, -0.15) is 0 Å². The van der Waals surface area contributed by atoms with Crippen molar-refractivity contribution in [1.82, 2.24) is 49.8 Å². The van der Waals surface area contributed by atoms with E-state index < -0.39 is 0 Å². The van der Waals surface area contributed by atoms with Crippen molar-refractivity contribution in [1.29, 1.82) is 0 Å². The molecule has 6 heterocycles. The Morgan fingerprint density at radius 2 is 0.420 bits per heavy atom. The van der Waals surface area contributed by atoms with Gasteiger partial charge in [0, 0.05) is 75.8 Å². The molecule has 12 heteroatoms. The summed E-state index contributed by atoms with van der Waals surface area (Å²) in [5, 5.41) is 7.11. The summed E-state index contributed by atoms with van der Waals surface area (Å²) in [5.74, 6) is 5.02. The van der Waals surface area contributed by atoms with Crippen LogP contribution in [-0.4, -0.2) is 49.8 Å². The number of nitrogens with zero attached hydrogens (tertiary/aromatic N) is 10. The van der Waals surface area contributed by atoms with Crippen molar-refractivity contribution in [2.24, 2.45) is 0 Å². The van der Waals surface area contributed by atoms with Crippen LogP contribution in [0.25, 0.3) is 209 Å². The van der Waals surface area contributed by atoms with Gasteiger partial charge in [-0.15, -0.1) is 22.7 Å². The van der Waals surface area contributed by atoms with Gasteiger partial charge in [0.1, 0.15) is 0 Å². The van der Waals surface area contributed by atoms with Gasteiger partial charge in [0.2, 0.25) is 0 Å². The first-order valence-corrected chi connectivity index (χ1v) is 38.7. The second kappa shape index (κ2) is 29.2. The van der Waals surface area contributed by atoms with Gasteiger partial charge in [-0.1, -0.05) is 358 Å². The zero-order chi connectivity index (χ0) is 74.3. The van der Waals surface area contributed by atoms with Crippen molar-refractivity contribution in [2.75, 3.05) is 0 Å². The zero-order valence-electron chi connectivity index (χ0n) is 60.1. The van der Waals surface area contributed by atoms with Crippen LogP contribution in [0.3, 0.4) is 0 Å². The zero-order valence-corrected chi connectivity index (χ0v) is 61.7. The van der Waals surface area contributed by atoms with Gasteiger partial charge < -0.3 is 0 Å². The highest BCUT2D eigenvalue weighted by atomic mass is 32.1. The van der Waals surface area contributed by atoms with Crippen molar-refractivity contribution in [3.63, 3.8) is 0 Å². The van der Waals surface area contributed by atoms with Crippen LogP contribution < -0.4 is 0 Å². The summed E-state index contributed by atoms with van der Waals surface area (Å²) in [6.07, 6.45) is 0. The summed E-state index contributed by atoms with van der Waals surface area (Å²) in [6.45, 7) is 0.